The van der Waals surface area contributed by atoms with Crippen molar-refractivity contribution < 1.29 is 14.3 Å². The van der Waals surface area contributed by atoms with Gasteiger partial charge in [-0.05, 0) is 18.1 Å². The minimum absolute atomic E-state index is 0.822. The predicted octanol–water partition coefficient (Wildman–Crippen LogP) is 2.65. The third kappa shape index (κ3) is 4.60. The Balaban J connectivity index is 0.000000615. The molecule has 1 aromatic carbocycles. The first-order valence-corrected chi connectivity index (χ1v) is 7.67. The summed E-state index contributed by atoms with van der Waals surface area (Å²) in [6.45, 7) is 9.82. The molecule has 0 unspecified atom stereocenters. The van der Waals surface area contributed by atoms with E-state index in [4.69, 9.17) is 14.3 Å². The summed E-state index contributed by atoms with van der Waals surface area (Å²) in [5.41, 5.74) is 3.82. The first-order chi connectivity index (χ1) is 11.4. The number of carbonyl (C=O) groups is 2. The summed E-state index contributed by atoms with van der Waals surface area (Å²) in [4.78, 5) is 23.1. The number of fused-ring (bicyclic) bond motifs is 1. The Morgan fingerprint density at radius 2 is 1.78 bits per heavy atom. The number of carbonyl (C=O) groups excluding carboxylic acids is 2. The molecule has 5 nitrogen and oxygen atoms in total. The Labute approximate surface area is 137 Å². The summed E-state index contributed by atoms with van der Waals surface area (Å²) in [6.07, 6.45) is 4.29. The number of morpholine rings is 1. The lowest BCUT2D eigenvalue weighted by molar-refractivity contribution is -0.0987. The second-order valence-corrected chi connectivity index (χ2v) is 5.00. The molecule has 0 aliphatic carbocycles. The van der Waals surface area contributed by atoms with Crippen LogP contribution in [0.5, 0.6) is 0 Å². The van der Waals surface area contributed by atoms with Crippen molar-refractivity contribution in [2.45, 2.75) is 19.8 Å². The molecule has 5 heteroatoms. The van der Waals surface area contributed by atoms with E-state index >= 15 is 0 Å². The van der Waals surface area contributed by atoms with Crippen LogP contribution in [0.25, 0.3) is 10.9 Å². The molecule has 23 heavy (non-hydrogen) atoms. The van der Waals surface area contributed by atoms with E-state index < -0.39 is 0 Å². The van der Waals surface area contributed by atoms with Gasteiger partial charge in [-0.3, -0.25) is 4.98 Å². The fourth-order valence-corrected chi connectivity index (χ4v) is 2.78. The molecular weight excluding hydrogens is 292 g/mol. The smallest absolute Gasteiger partial charge is 0.106 e. The number of anilines is 1. The van der Waals surface area contributed by atoms with E-state index in [1.165, 1.54) is 16.6 Å². The van der Waals surface area contributed by atoms with Crippen molar-refractivity contribution in [2.24, 2.45) is 0 Å². The lowest BCUT2D eigenvalue weighted by Crippen LogP contribution is -2.37. The van der Waals surface area contributed by atoms with Gasteiger partial charge >= 0.3 is 0 Å². The lowest BCUT2D eigenvalue weighted by atomic mass is 10.0. The molecule has 2 heterocycles. The van der Waals surface area contributed by atoms with E-state index in [0.717, 1.165) is 44.7 Å². The third-order valence-electron chi connectivity index (χ3n) is 3.67. The number of nitrogens with zero attached hydrogens (tertiary/aromatic N) is 2. The molecule has 0 saturated carbocycles. The zero-order valence-corrected chi connectivity index (χ0v) is 13.7. The number of rotatable bonds is 3. The Hall–Kier alpha value is -2.27. The third-order valence-corrected chi connectivity index (χ3v) is 3.67. The summed E-state index contributed by atoms with van der Waals surface area (Å²) < 4.78 is 5.48. The number of ether oxygens (including phenoxy) is 1. The van der Waals surface area contributed by atoms with Crippen LogP contribution in [0.4, 0.5) is 5.69 Å². The van der Waals surface area contributed by atoms with E-state index in [0.29, 0.717) is 0 Å². The molecule has 0 radical (unpaired) electrons. The van der Waals surface area contributed by atoms with Gasteiger partial charge in [0.15, 0.2) is 0 Å². The average molecular weight is 316 g/mol. The van der Waals surface area contributed by atoms with Gasteiger partial charge in [-0.2, -0.15) is 0 Å². The summed E-state index contributed by atoms with van der Waals surface area (Å²) >= 11 is 0. The molecule has 1 saturated heterocycles. The van der Waals surface area contributed by atoms with Crippen LogP contribution < -0.4 is 4.90 Å². The highest BCUT2D eigenvalue weighted by Crippen LogP contribution is 2.30. The van der Waals surface area contributed by atoms with Gasteiger partial charge in [-0.25, -0.2) is 0 Å². The number of hydrogen-bond donors (Lipinski definition) is 0. The summed E-state index contributed by atoms with van der Waals surface area (Å²) in [6, 6.07) is 8.43. The maximum absolute atomic E-state index is 8.00. The van der Waals surface area contributed by atoms with E-state index in [1.54, 1.807) is 0 Å². The van der Waals surface area contributed by atoms with Gasteiger partial charge in [0.2, 0.25) is 0 Å². The van der Waals surface area contributed by atoms with Crippen LogP contribution in [0.1, 0.15) is 18.9 Å². The van der Waals surface area contributed by atoms with Crippen LogP contribution in [-0.4, -0.2) is 44.9 Å². The molecule has 3 rings (SSSR count). The van der Waals surface area contributed by atoms with Crippen LogP contribution >= 0.6 is 0 Å². The van der Waals surface area contributed by atoms with Gasteiger partial charge < -0.3 is 19.2 Å². The van der Waals surface area contributed by atoms with Crippen molar-refractivity contribution in [3.8, 4) is 0 Å². The zero-order valence-electron chi connectivity index (χ0n) is 13.7. The first kappa shape index (κ1) is 18.8. The number of aryl methyl sites for hydroxylation is 1. The highest BCUT2D eigenvalue weighted by molar-refractivity contribution is 5.93. The van der Waals surface area contributed by atoms with Crippen LogP contribution in [-0.2, 0) is 20.7 Å². The van der Waals surface area contributed by atoms with Gasteiger partial charge in [-0.15, -0.1) is 0 Å². The van der Waals surface area contributed by atoms with Crippen LogP contribution in [0.3, 0.4) is 0 Å². The predicted molar refractivity (Wildman–Crippen MR) is 93.0 cm³/mol. The number of hydrogen-bond acceptors (Lipinski definition) is 5. The van der Waals surface area contributed by atoms with Crippen LogP contribution in [0.2, 0.25) is 0 Å². The Morgan fingerprint density at radius 1 is 1.13 bits per heavy atom. The standard InChI is InChI=1S/C16H20N2O.2CH2O/c1-2-5-13-12-17-15-7-4-3-6-14(15)16(13)18-8-10-19-11-9-18;2*1-2/h3-4,6-7,12H,2,5,8-11H2,1H3;2*1H2. The van der Waals surface area contributed by atoms with Crippen molar-refractivity contribution in [3.05, 3.63) is 36.0 Å². The summed E-state index contributed by atoms with van der Waals surface area (Å²) in [5.74, 6) is 0. The highest BCUT2D eigenvalue weighted by Gasteiger charge is 2.17. The van der Waals surface area contributed by atoms with Gasteiger partial charge in [0.25, 0.3) is 0 Å². The van der Waals surface area contributed by atoms with Crippen molar-refractivity contribution in [1.29, 1.82) is 0 Å². The summed E-state index contributed by atoms with van der Waals surface area (Å²) in [7, 11) is 0. The second-order valence-electron chi connectivity index (χ2n) is 5.00. The number of benzene rings is 1. The van der Waals surface area contributed by atoms with Gasteiger partial charge in [0.05, 0.1) is 24.4 Å². The van der Waals surface area contributed by atoms with E-state index in [9.17, 15) is 0 Å². The molecule has 1 aliphatic rings. The van der Waals surface area contributed by atoms with E-state index in [1.807, 2.05) is 13.6 Å². The first-order valence-electron chi connectivity index (χ1n) is 7.67. The molecular formula is C18H24N2O3. The van der Waals surface area contributed by atoms with Gasteiger partial charge in [-0.1, -0.05) is 31.5 Å². The topological polar surface area (TPSA) is 59.5 Å². The molecule has 0 N–H and O–H groups in total. The average Bonchev–Trinajstić information content (AvgIpc) is 2.66. The number of pyridine rings is 1. The van der Waals surface area contributed by atoms with E-state index in [-0.39, 0.29) is 0 Å². The quantitative estimate of drug-likeness (QED) is 0.871. The fourth-order valence-electron chi connectivity index (χ4n) is 2.78. The maximum Gasteiger partial charge on any atom is 0.106 e. The summed E-state index contributed by atoms with van der Waals surface area (Å²) in [5, 5.41) is 1.27. The highest BCUT2D eigenvalue weighted by atomic mass is 16.5. The normalized spacial score (nSPS) is 13.5. The van der Waals surface area contributed by atoms with Crippen LogP contribution in [0, 0.1) is 0 Å². The van der Waals surface area contributed by atoms with Crippen molar-refractivity contribution >= 4 is 30.2 Å². The molecule has 1 aliphatic heterocycles. The molecule has 1 fully saturated rings. The molecule has 1 aromatic heterocycles. The Bertz CT molecular complexity index is 596. The maximum atomic E-state index is 8.00. The molecule has 0 atom stereocenters. The van der Waals surface area contributed by atoms with Crippen molar-refractivity contribution in [3.63, 3.8) is 0 Å². The molecule has 124 valence electrons. The van der Waals surface area contributed by atoms with Crippen LogP contribution in [0.15, 0.2) is 30.5 Å². The monoisotopic (exact) mass is 316 g/mol. The second kappa shape index (κ2) is 10.5. The SMILES string of the molecule is C=O.C=O.CCCc1cnc2ccccc2c1N1CCOCC1. The molecule has 0 amide bonds. The Morgan fingerprint density at radius 3 is 2.43 bits per heavy atom. The van der Waals surface area contributed by atoms with E-state index in [2.05, 4.69) is 47.3 Å². The fraction of sp³-hybridized carbons (Fsp3) is 0.389. The molecule has 2 aromatic rings. The Kier molecular flexibility index (Phi) is 8.54. The van der Waals surface area contributed by atoms with Crippen molar-refractivity contribution in [1.82, 2.24) is 4.98 Å². The van der Waals surface area contributed by atoms with Crippen molar-refractivity contribution in [2.75, 3.05) is 31.2 Å². The van der Waals surface area contributed by atoms with Gasteiger partial charge in [0.1, 0.15) is 13.6 Å². The number of para-hydroxylation sites is 1. The largest absolute Gasteiger partial charge is 0.378 e. The minimum atomic E-state index is 0.822. The number of aromatic nitrogens is 1. The molecule has 0 spiro atoms. The zero-order chi connectivity index (χ0) is 17.1. The van der Waals surface area contributed by atoms with Gasteiger partial charge in [0, 0.05) is 24.7 Å². The minimum Gasteiger partial charge on any atom is -0.378 e. The lowest BCUT2D eigenvalue weighted by Gasteiger charge is -2.31. The molecule has 0 bridgehead atoms.